The van der Waals surface area contributed by atoms with E-state index in [1.807, 2.05) is 6.92 Å². The minimum atomic E-state index is 0.0840. The van der Waals surface area contributed by atoms with Gasteiger partial charge in [0.25, 0.3) is 0 Å². The molecule has 0 aliphatic rings. The Morgan fingerprint density at radius 2 is 2.00 bits per heavy atom. The van der Waals surface area contributed by atoms with Crippen molar-refractivity contribution in [1.82, 2.24) is 0 Å². The number of hydrogen-bond acceptors (Lipinski definition) is 2. The lowest BCUT2D eigenvalue weighted by atomic mass is 10.0. The van der Waals surface area contributed by atoms with E-state index in [4.69, 9.17) is 10.5 Å². The van der Waals surface area contributed by atoms with Gasteiger partial charge in [0, 0.05) is 6.04 Å². The minimum Gasteiger partial charge on any atom is -0.493 e. The zero-order valence-corrected chi connectivity index (χ0v) is 12.9. The first-order valence-corrected chi connectivity index (χ1v) is 7.57. The molecule has 0 spiro atoms. The number of benzene rings is 1. The molecule has 0 aliphatic carbocycles. The van der Waals surface area contributed by atoms with Gasteiger partial charge in [-0.25, -0.2) is 0 Å². The van der Waals surface area contributed by atoms with Gasteiger partial charge in [-0.3, -0.25) is 0 Å². The summed E-state index contributed by atoms with van der Waals surface area (Å²) >= 11 is 0. The van der Waals surface area contributed by atoms with E-state index < -0.39 is 0 Å². The molecule has 2 nitrogen and oxygen atoms in total. The first-order valence-electron chi connectivity index (χ1n) is 7.57. The molecule has 0 saturated heterocycles. The first-order chi connectivity index (χ1) is 9.08. The fourth-order valence-corrected chi connectivity index (χ4v) is 2.22. The van der Waals surface area contributed by atoms with Crippen LogP contribution in [-0.4, -0.2) is 6.61 Å². The molecule has 0 heterocycles. The minimum absolute atomic E-state index is 0.0840. The summed E-state index contributed by atoms with van der Waals surface area (Å²) < 4.78 is 5.98. The first kappa shape index (κ1) is 16.0. The summed E-state index contributed by atoms with van der Waals surface area (Å²) in [6.07, 6.45) is 5.02. The third-order valence-corrected chi connectivity index (χ3v) is 3.74. The third kappa shape index (κ3) is 5.23. The van der Waals surface area contributed by atoms with Crippen molar-refractivity contribution in [3.8, 4) is 5.75 Å². The van der Waals surface area contributed by atoms with Crippen LogP contribution in [0, 0.1) is 12.8 Å². The summed E-state index contributed by atoms with van der Waals surface area (Å²) in [5, 5.41) is 0. The second kappa shape index (κ2) is 8.21. The van der Waals surface area contributed by atoms with Gasteiger partial charge in [0.1, 0.15) is 5.75 Å². The van der Waals surface area contributed by atoms with Crippen LogP contribution >= 0.6 is 0 Å². The van der Waals surface area contributed by atoms with Gasteiger partial charge in [-0.2, -0.15) is 0 Å². The maximum absolute atomic E-state index is 5.98. The Labute approximate surface area is 118 Å². The van der Waals surface area contributed by atoms with Gasteiger partial charge in [0.2, 0.25) is 0 Å². The van der Waals surface area contributed by atoms with Crippen molar-refractivity contribution in [3.63, 3.8) is 0 Å². The van der Waals surface area contributed by atoms with Gasteiger partial charge in [0.15, 0.2) is 0 Å². The van der Waals surface area contributed by atoms with Crippen LogP contribution in [-0.2, 0) is 0 Å². The van der Waals surface area contributed by atoms with E-state index in [1.54, 1.807) is 0 Å². The number of nitrogens with two attached hydrogens (primary N) is 1. The number of ether oxygens (including phenoxy) is 1. The summed E-state index contributed by atoms with van der Waals surface area (Å²) in [6.45, 7) is 9.41. The van der Waals surface area contributed by atoms with E-state index >= 15 is 0 Å². The van der Waals surface area contributed by atoms with E-state index in [9.17, 15) is 0 Å². The molecule has 0 aromatic heterocycles. The molecule has 1 aromatic rings. The molecule has 0 fully saturated rings. The second-order valence-electron chi connectivity index (χ2n) is 5.54. The number of rotatable bonds is 8. The maximum atomic E-state index is 5.98. The van der Waals surface area contributed by atoms with Crippen molar-refractivity contribution >= 4 is 0 Å². The van der Waals surface area contributed by atoms with Crippen LogP contribution in [0.4, 0.5) is 0 Å². The highest BCUT2D eigenvalue weighted by Crippen LogP contribution is 2.23. The van der Waals surface area contributed by atoms with Gasteiger partial charge in [0.05, 0.1) is 6.61 Å². The highest BCUT2D eigenvalue weighted by Gasteiger charge is 2.09. The summed E-state index contributed by atoms with van der Waals surface area (Å²) in [4.78, 5) is 0. The Hall–Kier alpha value is -1.02. The standard InChI is InChI=1S/C17H29NO/c1-5-7-8-15(6-2)12-19-17-10-9-16(14(4)18)11-13(17)3/h9-11,14-15H,5-8,12,18H2,1-4H3/t14-,15?/m1/s1. The molecule has 19 heavy (non-hydrogen) atoms. The van der Waals surface area contributed by atoms with Crippen molar-refractivity contribution < 1.29 is 4.74 Å². The molecule has 2 heteroatoms. The number of aryl methyl sites for hydroxylation is 1. The molecule has 0 aliphatic heterocycles. The molecule has 2 N–H and O–H groups in total. The van der Waals surface area contributed by atoms with Crippen molar-refractivity contribution in [2.45, 2.75) is 59.4 Å². The predicted molar refractivity (Wildman–Crippen MR) is 82.6 cm³/mol. The van der Waals surface area contributed by atoms with Crippen molar-refractivity contribution in [3.05, 3.63) is 29.3 Å². The van der Waals surface area contributed by atoms with Crippen LogP contribution in [0.15, 0.2) is 18.2 Å². The highest BCUT2D eigenvalue weighted by atomic mass is 16.5. The molecule has 1 aromatic carbocycles. The van der Waals surface area contributed by atoms with Crippen LogP contribution in [0.3, 0.4) is 0 Å². The summed E-state index contributed by atoms with van der Waals surface area (Å²) in [5.74, 6) is 1.67. The van der Waals surface area contributed by atoms with E-state index in [0.29, 0.717) is 5.92 Å². The molecule has 0 radical (unpaired) electrons. The van der Waals surface area contributed by atoms with Gasteiger partial charge >= 0.3 is 0 Å². The lowest BCUT2D eigenvalue weighted by Crippen LogP contribution is -2.12. The van der Waals surface area contributed by atoms with E-state index in [-0.39, 0.29) is 6.04 Å². The Bertz CT molecular complexity index is 374. The van der Waals surface area contributed by atoms with Gasteiger partial charge in [-0.15, -0.1) is 0 Å². The molecule has 1 unspecified atom stereocenters. The molecule has 0 bridgehead atoms. The van der Waals surface area contributed by atoms with Crippen molar-refractivity contribution in [1.29, 1.82) is 0 Å². The smallest absolute Gasteiger partial charge is 0.122 e. The van der Waals surface area contributed by atoms with Crippen molar-refractivity contribution in [2.24, 2.45) is 11.7 Å². The summed E-state index contributed by atoms with van der Waals surface area (Å²) in [5.41, 5.74) is 8.24. The van der Waals surface area contributed by atoms with E-state index in [0.717, 1.165) is 12.4 Å². The Morgan fingerprint density at radius 1 is 1.26 bits per heavy atom. The summed E-state index contributed by atoms with van der Waals surface area (Å²) in [6, 6.07) is 6.34. The average Bonchev–Trinajstić information content (AvgIpc) is 2.40. The molecular formula is C17H29NO. The van der Waals surface area contributed by atoms with E-state index in [1.165, 1.54) is 36.8 Å². The largest absolute Gasteiger partial charge is 0.493 e. The molecule has 2 atom stereocenters. The highest BCUT2D eigenvalue weighted by molar-refractivity contribution is 5.37. The lowest BCUT2D eigenvalue weighted by Gasteiger charge is -2.17. The van der Waals surface area contributed by atoms with Crippen LogP contribution in [0.25, 0.3) is 0 Å². The average molecular weight is 263 g/mol. The maximum Gasteiger partial charge on any atom is 0.122 e. The topological polar surface area (TPSA) is 35.2 Å². The zero-order valence-electron chi connectivity index (χ0n) is 12.9. The fourth-order valence-electron chi connectivity index (χ4n) is 2.22. The quantitative estimate of drug-likeness (QED) is 0.743. The van der Waals surface area contributed by atoms with Crippen LogP contribution in [0.2, 0.25) is 0 Å². The summed E-state index contributed by atoms with van der Waals surface area (Å²) in [7, 11) is 0. The van der Waals surface area contributed by atoms with E-state index in [2.05, 4.69) is 39.0 Å². The second-order valence-corrected chi connectivity index (χ2v) is 5.54. The molecule has 0 saturated carbocycles. The Morgan fingerprint density at radius 3 is 2.53 bits per heavy atom. The Kier molecular flexibility index (Phi) is 6.93. The number of hydrogen-bond donors (Lipinski definition) is 1. The molecular weight excluding hydrogens is 234 g/mol. The van der Waals surface area contributed by atoms with Gasteiger partial charge < -0.3 is 10.5 Å². The van der Waals surface area contributed by atoms with Crippen LogP contribution in [0.1, 0.15) is 63.6 Å². The predicted octanol–water partition coefficient (Wildman–Crippen LogP) is 4.61. The molecule has 1 rings (SSSR count). The zero-order chi connectivity index (χ0) is 14.3. The lowest BCUT2D eigenvalue weighted by molar-refractivity contribution is 0.232. The van der Waals surface area contributed by atoms with Crippen LogP contribution in [0.5, 0.6) is 5.75 Å². The SMILES string of the molecule is CCCCC(CC)COc1ccc([C@@H](C)N)cc1C. The number of unbranched alkanes of at least 4 members (excludes halogenated alkanes) is 1. The Balaban J connectivity index is 2.57. The van der Waals surface area contributed by atoms with Gasteiger partial charge in [-0.05, 0) is 43.4 Å². The monoisotopic (exact) mass is 263 g/mol. The fraction of sp³-hybridized carbons (Fsp3) is 0.647. The molecule has 108 valence electrons. The molecule has 0 amide bonds. The van der Waals surface area contributed by atoms with Gasteiger partial charge in [-0.1, -0.05) is 45.2 Å². The normalized spacial score (nSPS) is 14.2. The van der Waals surface area contributed by atoms with Crippen molar-refractivity contribution in [2.75, 3.05) is 6.61 Å². The van der Waals surface area contributed by atoms with Crippen LogP contribution < -0.4 is 10.5 Å². The third-order valence-electron chi connectivity index (χ3n) is 3.74.